The van der Waals surface area contributed by atoms with E-state index >= 15 is 0 Å². The number of hydrogen-bond donors (Lipinski definition) is 7. The lowest BCUT2D eigenvalue weighted by Gasteiger charge is -2.21. The Morgan fingerprint density at radius 2 is 1.12 bits per heavy atom. The van der Waals surface area contributed by atoms with Crippen LogP contribution in [0.15, 0.2) is 84.9 Å². The molecule has 4 aromatic carbocycles. The minimum absolute atomic E-state index is 0.0206. The first-order valence-corrected chi connectivity index (χ1v) is 24.3. The maximum atomic E-state index is 13.6. The summed E-state index contributed by atoms with van der Waals surface area (Å²) in [7, 11) is 3.03. The second-order valence-electron chi connectivity index (χ2n) is 19.4. The van der Waals surface area contributed by atoms with E-state index in [1.165, 1.54) is 7.05 Å². The average molecular weight is 1040 g/mol. The molecule has 8 amide bonds. The standard InChI is InChI=1S/C39H43N5O10.C15H23N3O3/c1-39(2,3)53-37(50)42-21-24-19-23(13-14-25(24)35(48)40-4)20-41-36(49)31(15-18-34(47)54-44-32(45)16-17-33(44)46)43-38(51)52-22-30-28-11-7-5-9-26(28)27-10-6-8-12-29(27)30;1-15(2,3)21-14(20)18-9-11-7-10(8-16)5-6-12(11)13(19)17-4/h5-14,19,30-31H,15-18,20-22H2,1-4H3,(H,40,48)(H,41,49)(H,42,50)(H,43,51);5-7H,8-9,16H2,1-4H3,(H,17,19)(H,18,20)/t31-;/m0./s1. The molecule has 8 N–H and O–H groups in total. The molecule has 0 radical (unpaired) electrons. The number of nitrogens with one attached hydrogen (secondary N) is 6. The summed E-state index contributed by atoms with van der Waals surface area (Å²) < 4.78 is 16.1. The number of imide groups is 1. The van der Waals surface area contributed by atoms with Gasteiger partial charge >= 0.3 is 24.2 Å². The smallest absolute Gasteiger partial charge is 0.407 e. The number of ether oxygens (including phenoxy) is 3. The van der Waals surface area contributed by atoms with Crippen molar-refractivity contribution in [2.75, 3.05) is 20.7 Å². The molecule has 1 heterocycles. The van der Waals surface area contributed by atoms with Crippen LogP contribution in [0.4, 0.5) is 14.4 Å². The molecule has 1 fully saturated rings. The highest BCUT2D eigenvalue weighted by molar-refractivity contribution is 6.01. The Morgan fingerprint density at radius 1 is 0.640 bits per heavy atom. The summed E-state index contributed by atoms with van der Waals surface area (Å²) in [5, 5.41) is 16.1. The van der Waals surface area contributed by atoms with Gasteiger partial charge in [0.15, 0.2) is 0 Å². The van der Waals surface area contributed by atoms with Crippen molar-refractivity contribution in [1.82, 2.24) is 37.0 Å². The highest BCUT2D eigenvalue weighted by atomic mass is 16.7. The van der Waals surface area contributed by atoms with Gasteiger partial charge in [0.1, 0.15) is 23.9 Å². The van der Waals surface area contributed by atoms with Crippen molar-refractivity contribution in [1.29, 1.82) is 0 Å². The Bertz CT molecular complexity index is 2720. The van der Waals surface area contributed by atoms with Gasteiger partial charge in [0, 0.05) is 70.2 Å². The third-order valence-corrected chi connectivity index (χ3v) is 11.4. The number of carbonyl (C=O) groups excluding carboxylic acids is 9. The fourth-order valence-electron chi connectivity index (χ4n) is 7.93. The van der Waals surface area contributed by atoms with Gasteiger partial charge in [-0.15, -0.1) is 5.06 Å². The minimum atomic E-state index is -1.29. The van der Waals surface area contributed by atoms with Crippen LogP contribution in [0, 0.1) is 0 Å². The van der Waals surface area contributed by atoms with E-state index in [2.05, 4.69) is 31.9 Å². The van der Waals surface area contributed by atoms with Crippen LogP contribution >= 0.6 is 0 Å². The molecule has 1 aliphatic carbocycles. The molecule has 0 bridgehead atoms. The Labute approximate surface area is 435 Å². The lowest BCUT2D eigenvalue weighted by atomic mass is 9.98. The van der Waals surface area contributed by atoms with Crippen LogP contribution < -0.4 is 37.6 Å². The van der Waals surface area contributed by atoms with Crippen LogP contribution in [-0.2, 0) is 64.4 Å². The first-order valence-electron chi connectivity index (χ1n) is 24.3. The second kappa shape index (κ2) is 26.1. The van der Waals surface area contributed by atoms with E-state index in [9.17, 15) is 43.2 Å². The predicted octanol–water partition coefficient (Wildman–Crippen LogP) is 5.51. The first-order chi connectivity index (χ1) is 35.5. The molecule has 75 heavy (non-hydrogen) atoms. The maximum Gasteiger partial charge on any atom is 0.407 e. The van der Waals surface area contributed by atoms with Gasteiger partial charge in [0.2, 0.25) is 5.91 Å². The van der Waals surface area contributed by atoms with Gasteiger partial charge in [0.25, 0.3) is 23.6 Å². The predicted molar refractivity (Wildman–Crippen MR) is 274 cm³/mol. The lowest BCUT2D eigenvalue weighted by molar-refractivity contribution is -0.197. The van der Waals surface area contributed by atoms with Gasteiger partial charge < -0.3 is 56.7 Å². The number of amides is 8. The molecule has 0 unspecified atom stereocenters. The molecule has 0 spiro atoms. The molecule has 1 aliphatic heterocycles. The highest BCUT2D eigenvalue weighted by Crippen LogP contribution is 2.44. The monoisotopic (exact) mass is 1030 g/mol. The average Bonchev–Trinajstić information content (AvgIpc) is 3.87. The normalized spacial score (nSPS) is 13.2. The summed E-state index contributed by atoms with van der Waals surface area (Å²) in [6.07, 6.45) is -2.95. The van der Waals surface area contributed by atoms with Crippen molar-refractivity contribution in [2.24, 2.45) is 5.73 Å². The molecular weight excluding hydrogens is 969 g/mol. The van der Waals surface area contributed by atoms with Crippen LogP contribution in [-0.4, -0.2) is 96.8 Å². The maximum absolute atomic E-state index is 13.6. The van der Waals surface area contributed by atoms with Gasteiger partial charge in [0.05, 0.1) is 6.42 Å². The molecule has 4 aromatic rings. The number of rotatable bonds is 17. The van der Waals surface area contributed by atoms with Gasteiger partial charge in [-0.3, -0.25) is 24.0 Å². The molecule has 0 aromatic heterocycles. The molecule has 1 saturated heterocycles. The lowest BCUT2D eigenvalue weighted by Crippen LogP contribution is -2.47. The van der Waals surface area contributed by atoms with Crippen LogP contribution in [0.5, 0.6) is 0 Å². The van der Waals surface area contributed by atoms with Crippen LogP contribution in [0.25, 0.3) is 11.1 Å². The van der Waals surface area contributed by atoms with E-state index in [-0.39, 0.29) is 63.2 Å². The summed E-state index contributed by atoms with van der Waals surface area (Å²) in [6, 6.07) is 24.5. The second-order valence-corrected chi connectivity index (χ2v) is 19.4. The zero-order chi connectivity index (χ0) is 55.0. The van der Waals surface area contributed by atoms with E-state index in [4.69, 9.17) is 24.8 Å². The Hall–Kier alpha value is -8.33. The number of carbonyl (C=O) groups is 9. The van der Waals surface area contributed by atoms with E-state index in [1.807, 2.05) is 54.6 Å². The quantitative estimate of drug-likeness (QED) is 0.0507. The molecule has 6 rings (SSSR count). The largest absolute Gasteiger partial charge is 0.449 e. The highest BCUT2D eigenvalue weighted by Gasteiger charge is 2.34. The Kier molecular flexibility index (Phi) is 20.0. The topological polar surface area (TPSA) is 292 Å². The van der Waals surface area contributed by atoms with E-state index in [0.717, 1.165) is 27.8 Å². The van der Waals surface area contributed by atoms with Gasteiger partial charge in [-0.25, -0.2) is 19.2 Å². The van der Waals surface area contributed by atoms with E-state index in [0.29, 0.717) is 39.4 Å². The summed E-state index contributed by atoms with van der Waals surface area (Å²) in [5.74, 6) is -3.75. The van der Waals surface area contributed by atoms with Crippen molar-refractivity contribution < 1.29 is 62.2 Å². The minimum Gasteiger partial charge on any atom is -0.449 e. The van der Waals surface area contributed by atoms with Crippen molar-refractivity contribution >= 4 is 53.8 Å². The summed E-state index contributed by atoms with van der Waals surface area (Å²) in [4.78, 5) is 117. The SMILES string of the molecule is CNC(=O)c1ccc(CN)cc1CNC(=O)OC(C)(C)C.CNC(=O)c1ccc(CNC(=O)[C@H](CCC(=O)ON2C(=O)CCC2=O)NC(=O)OCC2c3ccccc3-c3ccccc32)cc1CNC(=O)OC(C)(C)C. The fraction of sp³-hybridized carbons (Fsp3) is 0.389. The fourth-order valence-corrected chi connectivity index (χ4v) is 7.93. The molecule has 0 saturated carbocycles. The number of hydroxylamine groups is 2. The van der Waals surface area contributed by atoms with Crippen molar-refractivity contribution in [2.45, 2.75) is 117 Å². The van der Waals surface area contributed by atoms with E-state index in [1.54, 1.807) is 78.9 Å². The molecule has 400 valence electrons. The summed E-state index contributed by atoms with van der Waals surface area (Å²) >= 11 is 0. The zero-order valence-corrected chi connectivity index (χ0v) is 43.4. The van der Waals surface area contributed by atoms with Crippen molar-refractivity contribution in [3.05, 3.63) is 129 Å². The van der Waals surface area contributed by atoms with E-state index < -0.39 is 65.6 Å². The van der Waals surface area contributed by atoms with Gasteiger partial charge in [-0.1, -0.05) is 72.8 Å². The van der Waals surface area contributed by atoms with Crippen molar-refractivity contribution in [3.8, 4) is 11.1 Å². The number of benzene rings is 4. The van der Waals surface area contributed by atoms with Crippen LogP contribution in [0.3, 0.4) is 0 Å². The summed E-state index contributed by atoms with van der Waals surface area (Å²) in [5.41, 5.74) is 11.8. The van der Waals surface area contributed by atoms with Crippen LogP contribution in [0.2, 0.25) is 0 Å². The molecule has 1 atom stereocenters. The van der Waals surface area contributed by atoms with Gasteiger partial charge in [-0.05, 0) is 105 Å². The number of nitrogens with two attached hydrogens (primary N) is 1. The van der Waals surface area contributed by atoms with Gasteiger partial charge in [-0.2, -0.15) is 0 Å². The van der Waals surface area contributed by atoms with Crippen molar-refractivity contribution in [3.63, 3.8) is 0 Å². The number of hydrogen-bond acceptors (Lipinski definition) is 14. The molecular formula is C54H66N8O13. The third-order valence-electron chi connectivity index (χ3n) is 11.4. The number of fused-ring (bicyclic) bond motifs is 3. The first kappa shape index (κ1) is 57.6. The number of alkyl carbamates (subject to hydrolysis) is 3. The Morgan fingerprint density at radius 3 is 1.60 bits per heavy atom. The van der Waals surface area contributed by atoms with Crippen LogP contribution in [0.1, 0.15) is 127 Å². The Balaban J connectivity index is 0.000000415. The summed E-state index contributed by atoms with van der Waals surface area (Å²) in [6.45, 7) is 11.0. The zero-order valence-electron chi connectivity index (χ0n) is 43.4. The molecule has 21 nitrogen and oxygen atoms in total. The number of nitrogens with zero attached hydrogens (tertiary/aromatic N) is 1. The molecule has 2 aliphatic rings. The third kappa shape index (κ3) is 16.9. The molecule has 21 heteroatoms.